The molecule has 2 heteroatoms. The van der Waals surface area contributed by atoms with Crippen LogP contribution in [0.2, 0.25) is 0 Å². The van der Waals surface area contributed by atoms with Crippen LogP contribution >= 0.6 is 0 Å². The minimum absolute atomic E-state index is 0.662. The van der Waals surface area contributed by atoms with Crippen molar-refractivity contribution in [3.63, 3.8) is 0 Å². The molecular formula is C16H25NO. The van der Waals surface area contributed by atoms with Gasteiger partial charge >= 0.3 is 0 Å². The summed E-state index contributed by atoms with van der Waals surface area (Å²) in [7, 11) is 1.78. The van der Waals surface area contributed by atoms with Crippen LogP contribution in [-0.2, 0) is 4.74 Å². The van der Waals surface area contributed by atoms with E-state index in [1.54, 1.807) is 7.11 Å². The van der Waals surface area contributed by atoms with Crippen LogP contribution in [-0.4, -0.2) is 26.3 Å². The number of benzene rings is 1. The molecule has 18 heavy (non-hydrogen) atoms. The highest BCUT2D eigenvalue weighted by molar-refractivity contribution is 5.26. The van der Waals surface area contributed by atoms with E-state index in [2.05, 4.69) is 42.6 Å². The van der Waals surface area contributed by atoms with Gasteiger partial charge in [-0.2, -0.15) is 0 Å². The van der Waals surface area contributed by atoms with Crippen molar-refractivity contribution < 1.29 is 4.74 Å². The van der Waals surface area contributed by atoms with Crippen LogP contribution < -0.4 is 5.32 Å². The van der Waals surface area contributed by atoms with Gasteiger partial charge in [-0.15, -0.1) is 0 Å². The Bertz CT molecular complexity index is 338. The molecule has 1 aromatic rings. The predicted molar refractivity (Wildman–Crippen MR) is 75.9 cm³/mol. The molecule has 0 heterocycles. The Morgan fingerprint density at radius 3 is 2.78 bits per heavy atom. The van der Waals surface area contributed by atoms with E-state index in [-0.39, 0.29) is 0 Å². The van der Waals surface area contributed by atoms with Gasteiger partial charge < -0.3 is 10.1 Å². The molecule has 0 aliphatic heterocycles. The Morgan fingerprint density at radius 2 is 2.11 bits per heavy atom. The highest BCUT2D eigenvalue weighted by atomic mass is 16.5. The van der Waals surface area contributed by atoms with Crippen LogP contribution in [0.4, 0.5) is 0 Å². The lowest BCUT2D eigenvalue weighted by molar-refractivity contribution is 0.187. The lowest BCUT2D eigenvalue weighted by Crippen LogP contribution is -2.31. The number of methoxy groups -OCH3 is 1. The van der Waals surface area contributed by atoms with Crippen molar-refractivity contribution >= 4 is 0 Å². The first-order chi connectivity index (χ1) is 8.86. The summed E-state index contributed by atoms with van der Waals surface area (Å²) < 4.78 is 5.15. The summed E-state index contributed by atoms with van der Waals surface area (Å²) in [5, 5.41) is 3.65. The van der Waals surface area contributed by atoms with Crippen LogP contribution in [0.15, 0.2) is 30.3 Å². The van der Waals surface area contributed by atoms with Gasteiger partial charge in [0.2, 0.25) is 0 Å². The first-order valence-electron chi connectivity index (χ1n) is 7.14. The maximum Gasteiger partial charge on any atom is 0.0462 e. The smallest absolute Gasteiger partial charge is 0.0462 e. The fraction of sp³-hybridized carbons (Fsp3) is 0.625. The number of nitrogens with one attached hydrogen (secondary N) is 1. The molecule has 0 amide bonds. The number of hydrogen-bond acceptors (Lipinski definition) is 2. The molecule has 1 aliphatic carbocycles. The summed E-state index contributed by atoms with van der Waals surface area (Å²) in [5.74, 6) is 1.60. The second-order valence-corrected chi connectivity index (χ2v) is 5.22. The monoisotopic (exact) mass is 247 g/mol. The Kier molecular flexibility index (Phi) is 5.21. The van der Waals surface area contributed by atoms with Gasteiger partial charge in [0.05, 0.1) is 0 Å². The average molecular weight is 247 g/mol. The zero-order chi connectivity index (χ0) is 12.8. The Hall–Kier alpha value is -0.860. The highest BCUT2D eigenvalue weighted by Gasteiger charge is 2.42. The molecule has 1 N–H and O–H groups in total. The second-order valence-electron chi connectivity index (χ2n) is 5.22. The average Bonchev–Trinajstić information content (AvgIpc) is 3.19. The standard InChI is InChI=1S/C16H25NO/c1-3-17-16(10-7-11-18-2)15-12-14(15)13-8-5-4-6-9-13/h4-6,8-9,14-17H,3,7,10-12H2,1-2H3. The Morgan fingerprint density at radius 1 is 1.33 bits per heavy atom. The summed E-state index contributed by atoms with van der Waals surface area (Å²) >= 11 is 0. The van der Waals surface area contributed by atoms with Crippen molar-refractivity contribution in [2.45, 2.75) is 38.1 Å². The van der Waals surface area contributed by atoms with Gasteiger partial charge in [0.15, 0.2) is 0 Å². The third kappa shape index (κ3) is 3.56. The van der Waals surface area contributed by atoms with Crippen LogP contribution in [0.3, 0.4) is 0 Å². The van der Waals surface area contributed by atoms with E-state index in [1.165, 1.54) is 18.4 Å². The maximum absolute atomic E-state index is 5.15. The highest BCUT2D eigenvalue weighted by Crippen LogP contribution is 2.50. The van der Waals surface area contributed by atoms with Crippen molar-refractivity contribution in [1.29, 1.82) is 0 Å². The largest absolute Gasteiger partial charge is 0.385 e. The molecule has 3 unspecified atom stereocenters. The fourth-order valence-corrected chi connectivity index (χ4v) is 2.92. The third-order valence-electron chi connectivity index (χ3n) is 3.91. The minimum atomic E-state index is 0.662. The van der Waals surface area contributed by atoms with Crippen molar-refractivity contribution in [3.05, 3.63) is 35.9 Å². The molecule has 2 rings (SSSR count). The zero-order valence-corrected chi connectivity index (χ0v) is 11.6. The maximum atomic E-state index is 5.15. The SMILES string of the molecule is CCNC(CCCOC)C1CC1c1ccccc1. The van der Waals surface area contributed by atoms with Gasteiger partial charge in [0.1, 0.15) is 0 Å². The number of hydrogen-bond donors (Lipinski definition) is 1. The van der Waals surface area contributed by atoms with E-state index >= 15 is 0 Å². The summed E-state index contributed by atoms with van der Waals surface area (Å²) in [6, 6.07) is 11.6. The molecule has 0 radical (unpaired) electrons. The summed E-state index contributed by atoms with van der Waals surface area (Å²) in [6.45, 7) is 4.14. The Balaban J connectivity index is 1.85. The molecule has 3 atom stereocenters. The van der Waals surface area contributed by atoms with Crippen molar-refractivity contribution in [3.8, 4) is 0 Å². The lowest BCUT2D eigenvalue weighted by Gasteiger charge is -2.18. The van der Waals surface area contributed by atoms with Gasteiger partial charge in [-0.1, -0.05) is 37.3 Å². The predicted octanol–water partition coefficient (Wildman–Crippen LogP) is 3.19. The van der Waals surface area contributed by atoms with E-state index in [9.17, 15) is 0 Å². The third-order valence-corrected chi connectivity index (χ3v) is 3.91. The van der Waals surface area contributed by atoms with E-state index < -0.39 is 0 Å². The topological polar surface area (TPSA) is 21.3 Å². The number of ether oxygens (including phenoxy) is 1. The number of rotatable bonds is 8. The van der Waals surface area contributed by atoms with Crippen LogP contribution in [0.5, 0.6) is 0 Å². The minimum Gasteiger partial charge on any atom is -0.385 e. The molecular weight excluding hydrogens is 222 g/mol. The van der Waals surface area contributed by atoms with E-state index in [4.69, 9.17) is 4.74 Å². The van der Waals surface area contributed by atoms with Crippen LogP contribution in [0.25, 0.3) is 0 Å². The molecule has 1 aromatic carbocycles. The molecule has 1 saturated carbocycles. The molecule has 1 fully saturated rings. The van der Waals surface area contributed by atoms with Crippen LogP contribution in [0.1, 0.15) is 37.7 Å². The van der Waals surface area contributed by atoms with Crippen molar-refractivity contribution in [2.75, 3.05) is 20.3 Å². The fourth-order valence-electron chi connectivity index (χ4n) is 2.92. The molecule has 2 nitrogen and oxygen atoms in total. The quantitative estimate of drug-likeness (QED) is 0.712. The van der Waals surface area contributed by atoms with Gasteiger partial charge in [0.25, 0.3) is 0 Å². The van der Waals surface area contributed by atoms with Gasteiger partial charge in [0, 0.05) is 19.8 Å². The summed E-state index contributed by atoms with van der Waals surface area (Å²) in [5.41, 5.74) is 1.51. The van der Waals surface area contributed by atoms with Gasteiger partial charge in [-0.3, -0.25) is 0 Å². The first-order valence-corrected chi connectivity index (χ1v) is 7.14. The summed E-state index contributed by atoms with van der Waals surface area (Å²) in [6.07, 6.45) is 3.73. The molecule has 0 bridgehead atoms. The second kappa shape index (κ2) is 6.91. The molecule has 0 saturated heterocycles. The van der Waals surface area contributed by atoms with Gasteiger partial charge in [-0.05, 0) is 43.2 Å². The Labute approximate surface area is 111 Å². The normalized spacial score (nSPS) is 23.9. The lowest BCUT2D eigenvalue weighted by atomic mass is 10.0. The molecule has 1 aliphatic rings. The van der Waals surface area contributed by atoms with E-state index in [0.29, 0.717) is 6.04 Å². The van der Waals surface area contributed by atoms with Crippen molar-refractivity contribution in [1.82, 2.24) is 5.32 Å². The van der Waals surface area contributed by atoms with E-state index in [1.807, 2.05) is 0 Å². The first kappa shape index (κ1) is 13.6. The zero-order valence-electron chi connectivity index (χ0n) is 11.6. The summed E-state index contributed by atoms with van der Waals surface area (Å²) in [4.78, 5) is 0. The molecule has 100 valence electrons. The van der Waals surface area contributed by atoms with Gasteiger partial charge in [-0.25, -0.2) is 0 Å². The van der Waals surface area contributed by atoms with Crippen LogP contribution in [0, 0.1) is 5.92 Å². The van der Waals surface area contributed by atoms with Crippen molar-refractivity contribution in [2.24, 2.45) is 5.92 Å². The molecule has 0 aromatic heterocycles. The molecule has 0 spiro atoms. The van der Waals surface area contributed by atoms with E-state index in [0.717, 1.165) is 31.4 Å².